The lowest BCUT2D eigenvalue weighted by atomic mass is 9.98. The van der Waals surface area contributed by atoms with Gasteiger partial charge in [0, 0.05) is 17.9 Å². The molecule has 35 heavy (non-hydrogen) atoms. The molecule has 5 rings (SSSR count). The molecule has 0 bridgehead atoms. The van der Waals surface area contributed by atoms with Gasteiger partial charge in [-0.2, -0.15) is 5.10 Å². The first kappa shape index (κ1) is 23.3. The summed E-state index contributed by atoms with van der Waals surface area (Å²) in [4.78, 5) is 27.0. The number of rotatable bonds is 4. The highest BCUT2D eigenvalue weighted by Crippen LogP contribution is 2.38. The van der Waals surface area contributed by atoms with Crippen molar-refractivity contribution in [1.82, 2.24) is 5.01 Å². The summed E-state index contributed by atoms with van der Waals surface area (Å²) in [7, 11) is 0. The smallest absolute Gasteiger partial charge is 0.247 e. The molecule has 0 aromatic heterocycles. The van der Waals surface area contributed by atoms with Gasteiger partial charge in [0.2, 0.25) is 11.8 Å². The van der Waals surface area contributed by atoms with Gasteiger partial charge in [-0.1, -0.05) is 83.5 Å². The number of benzene rings is 3. The summed E-state index contributed by atoms with van der Waals surface area (Å²) in [5.74, 6) is -0.563. The normalized spacial score (nSPS) is 19.9. The third-order valence-electron chi connectivity index (χ3n) is 6.13. The standard InChI is InChI=1S/C27H23ClN4O2S/c1-17-7-9-18(10-8-17)22-15-23(19-11-13-20(28)14-12-19)32(30-22)27(29)35-24-16-25(33)31(26(24)34)21-5-3-2-4-6-21/h2-14,23-24,29H,15-16H2,1H3. The molecule has 8 heteroatoms. The molecule has 1 fully saturated rings. The van der Waals surface area contributed by atoms with Crippen LogP contribution < -0.4 is 4.90 Å². The Bertz CT molecular complexity index is 1310. The third kappa shape index (κ3) is 4.74. The predicted octanol–water partition coefficient (Wildman–Crippen LogP) is 5.80. The number of hydrogen-bond acceptors (Lipinski definition) is 5. The first-order chi connectivity index (χ1) is 16.9. The molecule has 1 N–H and O–H groups in total. The van der Waals surface area contributed by atoms with E-state index in [1.165, 1.54) is 4.90 Å². The number of hydrogen-bond donors (Lipinski definition) is 1. The van der Waals surface area contributed by atoms with Crippen LogP contribution in [0.2, 0.25) is 5.02 Å². The first-order valence-corrected chi connectivity index (χ1v) is 12.5. The average molecular weight is 503 g/mol. The Kier molecular flexibility index (Phi) is 6.45. The summed E-state index contributed by atoms with van der Waals surface area (Å²) < 4.78 is 0. The number of amidine groups is 1. The number of carbonyl (C=O) groups is 2. The number of nitrogens with one attached hydrogen (secondary N) is 1. The molecule has 0 aliphatic carbocycles. The quantitative estimate of drug-likeness (QED) is 0.278. The Morgan fingerprint density at radius 2 is 1.66 bits per heavy atom. The summed E-state index contributed by atoms with van der Waals surface area (Å²) in [6.07, 6.45) is 0.663. The number of para-hydroxylation sites is 1. The molecule has 2 amide bonds. The van der Waals surface area contributed by atoms with Crippen LogP contribution in [0.4, 0.5) is 5.69 Å². The van der Waals surface area contributed by atoms with Crippen LogP contribution >= 0.6 is 23.4 Å². The summed E-state index contributed by atoms with van der Waals surface area (Å²) in [6, 6.07) is 24.4. The Hall–Kier alpha value is -3.42. The lowest BCUT2D eigenvalue weighted by molar-refractivity contribution is -0.121. The Labute approximate surface area is 213 Å². The van der Waals surface area contributed by atoms with E-state index in [9.17, 15) is 9.59 Å². The lowest BCUT2D eigenvalue weighted by Gasteiger charge is -2.24. The van der Waals surface area contributed by atoms with Crippen molar-refractivity contribution in [2.45, 2.75) is 31.1 Å². The van der Waals surface area contributed by atoms with Crippen LogP contribution in [-0.4, -0.2) is 33.0 Å². The van der Waals surface area contributed by atoms with Crippen LogP contribution in [0.3, 0.4) is 0 Å². The molecule has 6 nitrogen and oxygen atoms in total. The van der Waals surface area contributed by atoms with Gasteiger partial charge in [0.15, 0.2) is 5.17 Å². The highest BCUT2D eigenvalue weighted by atomic mass is 35.5. The monoisotopic (exact) mass is 502 g/mol. The molecule has 3 aromatic carbocycles. The predicted molar refractivity (Wildman–Crippen MR) is 141 cm³/mol. The maximum Gasteiger partial charge on any atom is 0.247 e. The fourth-order valence-corrected chi connectivity index (χ4v) is 5.40. The fraction of sp³-hybridized carbons (Fsp3) is 0.185. The van der Waals surface area contributed by atoms with Crippen molar-refractivity contribution in [3.05, 3.63) is 101 Å². The minimum atomic E-state index is -0.667. The van der Waals surface area contributed by atoms with E-state index in [2.05, 4.69) is 0 Å². The number of halogens is 1. The molecule has 2 heterocycles. The van der Waals surface area contributed by atoms with Gasteiger partial charge in [0.05, 0.1) is 17.4 Å². The van der Waals surface area contributed by atoms with Gasteiger partial charge in [0.25, 0.3) is 0 Å². The zero-order valence-electron chi connectivity index (χ0n) is 19.0. The molecular formula is C27H23ClN4O2S. The van der Waals surface area contributed by atoms with Crippen molar-refractivity contribution >= 4 is 51.7 Å². The molecule has 2 atom stereocenters. The molecule has 0 spiro atoms. The number of aryl methyl sites for hydroxylation is 1. The molecule has 1 saturated heterocycles. The van der Waals surface area contributed by atoms with Crippen molar-refractivity contribution in [2.24, 2.45) is 5.10 Å². The van der Waals surface area contributed by atoms with E-state index >= 15 is 0 Å². The molecule has 0 radical (unpaired) electrons. The number of imide groups is 1. The van der Waals surface area contributed by atoms with Crippen LogP contribution in [0.5, 0.6) is 0 Å². The summed E-state index contributed by atoms with van der Waals surface area (Å²) >= 11 is 7.18. The number of amides is 2. The zero-order chi connectivity index (χ0) is 24.5. The second-order valence-electron chi connectivity index (χ2n) is 8.55. The van der Waals surface area contributed by atoms with Gasteiger partial charge in [-0.3, -0.25) is 15.0 Å². The second-order valence-corrected chi connectivity index (χ2v) is 10.2. The topological polar surface area (TPSA) is 76.8 Å². The number of carbonyl (C=O) groups excluding carboxylic acids is 2. The summed E-state index contributed by atoms with van der Waals surface area (Å²) in [5, 5.41) is 15.4. The molecule has 2 aliphatic rings. The van der Waals surface area contributed by atoms with Crippen molar-refractivity contribution in [3.8, 4) is 0 Å². The lowest BCUT2D eigenvalue weighted by Crippen LogP contribution is -2.32. The van der Waals surface area contributed by atoms with Crippen molar-refractivity contribution < 1.29 is 9.59 Å². The van der Waals surface area contributed by atoms with E-state index < -0.39 is 5.25 Å². The number of anilines is 1. The number of hydrazone groups is 1. The van der Waals surface area contributed by atoms with Crippen molar-refractivity contribution in [1.29, 1.82) is 5.41 Å². The van der Waals surface area contributed by atoms with Gasteiger partial charge in [0.1, 0.15) is 5.25 Å². The van der Waals surface area contributed by atoms with E-state index in [0.29, 0.717) is 17.1 Å². The third-order valence-corrected chi connectivity index (χ3v) is 7.45. The Morgan fingerprint density at radius 1 is 0.971 bits per heavy atom. The molecule has 2 unspecified atom stereocenters. The van der Waals surface area contributed by atoms with E-state index in [0.717, 1.165) is 34.2 Å². The van der Waals surface area contributed by atoms with Crippen molar-refractivity contribution in [2.75, 3.05) is 4.90 Å². The highest BCUT2D eigenvalue weighted by Gasteiger charge is 2.42. The van der Waals surface area contributed by atoms with Crippen LogP contribution in [0.15, 0.2) is 84.0 Å². The van der Waals surface area contributed by atoms with Crippen LogP contribution in [-0.2, 0) is 9.59 Å². The number of thioether (sulfide) groups is 1. The molecule has 2 aliphatic heterocycles. The maximum atomic E-state index is 13.1. The molecule has 176 valence electrons. The van der Waals surface area contributed by atoms with Crippen LogP contribution in [0.1, 0.15) is 35.6 Å². The molecule has 3 aromatic rings. The highest BCUT2D eigenvalue weighted by molar-refractivity contribution is 8.14. The number of nitrogens with zero attached hydrogens (tertiary/aromatic N) is 3. The van der Waals surface area contributed by atoms with E-state index in [4.69, 9.17) is 22.1 Å². The van der Waals surface area contributed by atoms with E-state index in [-0.39, 0.29) is 29.4 Å². The van der Waals surface area contributed by atoms with Gasteiger partial charge in [-0.15, -0.1) is 0 Å². The Morgan fingerprint density at radius 3 is 2.34 bits per heavy atom. The second kappa shape index (κ2) is 9.68. The summed E-state index contributed by atoms with van der Waals surface area (Å²) in [5.41, 5.74) is 4.56. The van der Waals surface area contributed by atoms with Gasteiger partial charge < -0.3 is 0 Å². The van der Waals surface area contributed by atoms with Crippen LogP contribution in [0, 0.1) is 12.3 Å². The largest absolute Gasteiger partial charge is 0.277 e. The van der Waals surface area contributed by atoms with Gasteiger partial charge >= 0.3 is 0 Å². The fourth-order valence-electron chi connectivity index (χ4n) is 4.30. The average Bonchev–Trinajstić information content (AvgIpc) is 3.42. The Balaban J connectivity index is 1.40. The molecule has 0 saturated carbocycles. The molecular weight excluding hydrogens is 480 g/mol. The van der Waals surface area contributed by atoms with Gasteiger partial charge in [-0.05, 0) is 42.3 Å². The first-order valence-electron chi connectivity index (χ1n) is 11.3. The van der Waals surface area contributed by atoms with Crippen LogP contribution in [0.25, 0.3) is 0 Å². The minimum absolute atomic E-state index is 0.0504. The van der Waals surface area contributed by atoms with E-state index in [1.54, 1.807) is 29.3 Å². The zero-order valence-corrected chi connectivity index (χ0v) is 20.6. The minimum Gasteiger partial charge on any atom is -0.277 e. The van der Waals surface area contributed by atoms with Crippen molar-refractivity contribution in [3.63, 3.8) is 0 Å². The maximum absolute atomic E-state index is 13.1. The van der Waals surface area contributed by atoms with E-state index in [1.807, 2.05) is 61.5 Å². The summed E-state index contributed by atoms with van der Waals surface area (Å²) in [6.45, 7) is 2.04. The van der Waals surface area contributed by atoms with Gasteiger partial charge in [-0.25, -0.2) is 9.91 Å². The SMILES string of the molecule is Cc1ccc(C2=NN(C(=N)SC3CC(=O)N(c4ccccc4)C3=O)C(c3ccc(Cl)cc3)C2)cc1.